The first-order valence-corrected chi connectivity index (χ1v) is 8.00. The van der Waals surface area contributed by atoms with E-state index >= 15 is 0 Å². The Labute approximate surface area is 128 Å². The van der Waals surface area contributed by atoms with Crippen molar-refractivity contribution < 1.29 is 0 Å². The molecule has 1 atom stereocenters. The van der Waals surface area contributed by atoms with E-state index in [-0.39, 0.29) is 0 Å². The number of rotatable bonds is 3. The van der Waals surface area contributed by atoms with E-state index in [1.807, 2.05) is 24.3 Å². The Morgan fingerprint density at radius 2 is 1.90 bits per heavy atom. The molecule has 2 rings (SSSR count). The maximum absolute atomic E-state index is 5.88. The SMILES string of the molecule is C=CC(CC)C1CCC(C#Cc2ccc(Cl)cc2)CC1. The summed E-state index contributed by atoms with van der Waals surface area (Å²) >= 11 is 5.88. The fourth-order valence-corrected chi connectivity index (χ4v) is 3.23. The molecule has 0 heterocycles. The van der Waals surface area contributed by atoms with E-state index in [4.69, 9.17) is 11.6 Å². The second-order valence-corrected chi connectivity index (χ2v) is 6.13. The minimum absolute atomic E-state index is 0.559. The van der Waals surface area contributed by atoms with Crippen molar-refractivity contribution in [3.8, 4) is 11.8 Å². The molecule has 0 radical (unpaired) electrons. The van der Waals surface area contributed by atoms with E-state index in [1.165, 1.54) is 32.1 Å². The minimum atomic E-state index is 0.559. The van der Waals surface area contributed by atoms with E-state index in [0.717, 1.165) is 16.5 Å². The van der Waals surface area contributed by atoms with E-state index in [1.54, 1.807) is 0 Å². The second kappa shape index (κ2) is 7.55. The first-order valence-electron chi connectivity index (χ1n) is 7.62. The molecule has 0 aliphatic heterocycles. The van der Waals surface area contributed by atoms with Crippen LogP contribution in [-0.4, -0.2) is 0 Å². The van der Waals surface area contributed by atoms with Gasteiger partial charge in [-0.2, -0.15) is 0 Å². The number of allylic oxidation sites excluding steroid dienone is 1. The molecule has 106 valence electrons. The van der Waals surface area contributed by atoms with Crippen LogP contribution in [0, 0.1) is 29.6 Å². The normalized spacial score (nSPS) is 23.5. The maximum Gasteiger partial charge on any atom is 0.0406 e. The summed E-state index contributed by atoms with van der Waals surface area (Å²) in [4.78, 5) is 0. The first-order chi connectivity index (χ1) is 9.72. The molecule has 1 aliphatic carbocycles. The van der Waals surface area contributed by atoms with Crippen LogP contribution < -0.4 is 0 Å². The van der Waals surface area contributed by atoms with Crippen LogP contribution >= 0.6 is 11.6 Å². The second-order valence-electron chi connectivity index (χ2n) is 5.70. The summed E-state index contributed by atoms with van der Waals surface area (Å²) in [5.74, 6) is 8.80. The third-order valence-electron chi connectivity index (χ3n) is 4.42. The Balaban J connectivity index is 1.89. The highest BCUT2D eigenvalue weighted by Crippen LogP contribution is 2.35. The number of hydrogen-bond acceptors (Lipinski definition) is 0. The van der Waals surface area contributed by atoms with E-state index < -0.39 is 0 Å². The summed E-state index contributed by atoms with van der Waals surface area (Å²) in [7, 11) is 0. The molecule has 1 aromatic carbocycles. The monoisotopic (exact) mass is 286 g/mol. The lowest BCUT2D eigenvalue weighted by atomic mass is 9.75. The van der Waals surface area contributed by atoms with E-state index in [2.05, 4.69) is 31.4 Å². The summed E-state index contributed by atoms with van der Waals surface area (Å²) < 4.78 is 0. The van der Waals surface area contributed by atoms with Crippen LogP contribution in [-0.2, 0) is 0 Å². The standard InChI is InChI=1S/C19H23Cl/c1-3-17(4-2)18-11-7-15(8-12-18)5-6-16-9-13-19(20)14-10-16/h3,9-10,13-15,17-18H,1,4,7-8,11-12H2,2H3. The number of hydrogen-bond donors (Lipinski definition) is 0. The zero-order chi connectivity index (χ0) is 14.4. The van der Waals surface area contributed by atoms with Crippen LogP contribution in [0.3, 0.4) is 0 Å². The summed E-state index contributed by atoms with van der Waals surface area (Å²) in [5.41, 5.74) is 1.06. The highest BCUT2D eigenvalue weighted by atomic mass is 35.5. The highest BCUT2D eigenvalue weighted by molar-refractivity contribution is 6.30. The molecule has 0 saturated heterocycles. The fraction of sp³-hybridized carbons (Fsp3) is 0.474. The summed E-state index contributed by atoms with van der Waals surface area (Å²) in [5, 5.41) is 0.770. The molecule has 0 N–H and O–H groups in total. The van der Waals surface area contributed by atoms with Crippen molar-refractivity contribution in [3.63, 3.8) is 0 Å². The van der Waals surface area contributed by atoms with Crippen LogP contribution in [0.1, 0.15) is 44.6 Å². The molecule has 20 heavy (non-hydrogen) atoms. The van der Waals surface area contributed by atoms with Crippen molar-refractivity contribution in [2.24, 2.45) is 17.8 Å². The van der Waals surface area contributed by atoms with Crippen molar-refractivity contribution in [1.29, 1.82) is 0 Å². The Morgan fingerprint density at radius 1 is 1.25 bits per heavy atom. The lowest BCUT2D eigenvalue weighted by Crippen LogP contribution is -2.19. The lowest BCUT2D eigenvalue weighted by molar-refractivity contribution is 0.254. The molecule has 1 aromatic rings. The fourth-order valence-electron chi connectivity index (χ4n) is 3.10. The topological polar surface area (TPSA) is 0 Å². The molecule has 0 nitrogen and oxygen atoms in total. The molecule has 1 heteroatoms. The zero-order valence-corrected chi connectivity index (χ0v) is 13.0. The van der Waals surface area contributed by atoms with Crippen molar-refractivity contribution in [3.05, 3.63) is 47.5 Å². The van der Waals surface area contributed by atoms with Gasteiger partial charge in [-0.3, -0.25) is 0 Å². The van der Waals surface area contributed by atoms with Gasteiger partial charge in [0.25, 0.3) is 0 Å². The van der Waals surface area contributed by atoms with Crippen LogP contribution in [0.5, 0.6) is 0 Å². The predicted octanol–water partition coefficient (Wildman–Crippen LogP) is 5.71. The van der Waals surface area contributed by atoms with Crippen LogP contribution in [0.25, 0.3) is 0 Å². The molecule has 0 spiro atoms. The van der Waals surface area contributed by atoms with E-state index in [0.29, 0.717) is 11.8 Å². The molecule has 0 amide bonds. The first kappa shape index (κ1) is 15.2. The van der Waals surface area contributed by atoms with Gasteiger partial charge in [0.1, 0.15) is 0 Å². The molecular weight excluding hydrogens is 264 g/mol. The van der Waals surface area contributed by atoms with Crippen LogP contribution in [0.15, 0.2) is 36.9 Å². The summed E-state index contributed by atoms with van der Waals surface area (Å²) in [6.45, 7) is 6.23. The summed E-state index contributed by atoms with van der Waals surface area (Å²) in [6, 6.07) is 7.79. The van der Waals surface area contributed by atoms with Gasteiger partial charge in [-0.25, -0.2) is 0 Å². The number of benzene rings is 1. The molecular formula is C19H23Cl. The average molecular weight is 287 g/mol. The van der Waals surface area contributed by atoms with E-state index in [9.17, 15) is 0 Å². The van der Waals surface area contributed by atoms with Gasteiger partial charge >= 0.3 is 0 Å². The average Bonchev–Trinajstić information content (AvgIpc) is 2.49. The molecule has 0 bridgehead atoms. The third kappa shape index (κ3) is 4.15. The molecule has 0 aromatic heterocycles. The third-order valence-corrected chi connectivity index (χ3v) is 4.67. The van der Waals surface area contributed by atoms with Gasteiger partial charge in [0.15, 0.2) is 0 Å². The van der Waals surface area contributed by atoms with Crippen molar-refractivity contribution in [2.75, 3.05) is 0 Å². The van der Waals surface area contributed by atoms with Gasteiger partial charge in [0.05, 0.1) is 0 Å². The summed E-state index contributed by atoms with van der Waals surface area (Å²) in [6.07, 6.45) is 8.42. The van der Waals surface area contributed by atoms with Gasteiger partial charge in [-0.1, -0.05) is 36.4 Å². The highest BCUT2D eigenvalue weighted by Gasteiger charge is 2.24. The molecule has 1 aliphatic rings. The zero-order valence-electron chi connectivity index (χ0n) is 12.2. The largest absolute Gasteiger partial charge is 0.103 e. The van der Waals surface area contributed by atoms with Crippen molar-refractivity contribution in [1.82, 2.24) is 0 Å². The van der Waals surface area contributed by atoms with Gasteiger partial charge < -0.3 is 0 Å². The molecule has 1 fully saturated rings. The van der Waals surface area contributed by atoms with Crippen LogP contribution in [0.2, 0.25) is 5.02 Å². The Bertz CT molecular complexity index is 481. The minimum Gasteiger partial charge on any atom is -0.103 e. The van der Waals surface area contributed by atoms with Crippen molar-refractivity contribution in [2.45, 2.75) is 39.0 Å². The Kier molecular flexibility index (Phi) is 5.74. The lowest BCUT2D eigenvalue weighted by Gasteiger charge is -2.30. The van der Waals surface area contributed by atoms with Gasteiger partial charge in [0, 0.05) is 16.5 Å². The maximum atomic E-state index is 5.88. The quantitative estimate of drug-likeness (QED) is 0.493. The van der Waals surface area contributed by atoms with Gasteiger partial charge in [-0.05, 0) is 68.2 Å². The Hall–Kier alpha value is -1.19. The van der Waals surface area contributed by atoms with Gasteiger partial charge in [-0.15, -0.1) is 6.58 Å². The predicted molar refractivity (Wildman–Crippen MR) is 87.8 cm³/mol. The Morgan fingerprint density at radius 3 is 2.45 bits per heavy atom. The van der Waals surface area contributed by atoms with Gasteiger partial charge in [0.2, 0.25) is 0 Å². The molecule has 1 unspecified atom stereocenters. The van der Waals surface area contributed by atoms with Crippen LogP contribution in [0.4, 0.5) is 0 Å². The smallest absolute Gasteiger partial charge is 0.0406 e. The van der Waals surface area contributed by atoms with Crippen molar-refractivity contribution >= 4 is 11.6 Å². The molecule has 1 saturated carbocycles. The number of halogens is 1.